The molecule has 1 unspecified atom stereocenters. The molecule has 0 radical (unpaired) electrons. The van der Waals surface area contributed by atoms with Crippen LogP contribution in [0.4, 0.5) is 0 Å². The first-order chi connectivity index (χ1) is 9.78. The van der Waals surface area contributed by atoms with Crippen LogP contribution >= 0.6 is 0 Å². The number of benzene rings is 1. The number of fused-ring (bicyclic) bond motifs is 1. The zero-order valence-electron chi connectivity index (χ0n) is 12.0. The maximum atomic E-state index is 12.5. The van der Waals surface area contributed by atoms with E-state index in [0.29, 0.717) is 5.91 Å². The average molecular weight is 274 g/mol. The fourth-order valence-corrected chi connectivity index (χ4v) is 3.17. The minimum atomic E-state index is 0.170. The Morgan fingerprint density at radius 1 is 1.40 bits per heavy atom. The number of hydrogen-bond donors (Lipinski definition) is 1. The van der Waals surface area contributed by atoms with Gasteiger partial charge in [0.15, 0.2) is 0 Å². The molecule has 1 aromatic carbocycles. The molecule has 1 fully saturated rings. The Kier molecular flexibility index (Phi) is 3.92. The second-order valence-electron chi connectivity index (χ2n) is 5.69. The molecule has 2 aliphatic rings. The Bertz CT molecular complexity index is 495. The van der Waals surface area contributed by atoms with Gasteiger partial charge < -0.3 is 15.0 Å². The predicted octanol–water partition coefficient (Wildman–Crippen LogP) is 1.58. The Hall–Kier alpha value is -1.55. The summed E-state index contributed by atoms with van der Waals surface area (Å²) in [5, 5.41) is 3.33. The third-order valence-electron chi connectivity index (χ3n) is 4.38. The normalized spacial score (nSPS) is 22.2. The van der Waals surface area contributed by atoms with Crippen LogP contribution in [0.15, 0.2) is 18.2 Å². The van der Waals surface area contributed by atoms with E-state index in [4.69, 9.17) is 4.74 Å². The molecule has 1 saturated heterocycles. The molecule has 4 heteroatoms. The van der Waals surface area contributed by atoms with E-state index in [1.807, 2.05) is 11.0 Å². The number of nitrogens with one attached hydrogen (secondary N) is 1. The van der Waals surface area contributed by atoms with Gasteiger partial charge in [-0.05, 0) is 49.1 Å². The van der Waals surface area contributed by atoms with Gasteiger partial charge in [0.1, 0.15) is 5.75 Å². The number of ether oxygens (including phenoxy) is 1. The van der Waals surface area contributed by atoms with Crippen LogP contribution in [0.2, 0.25) is 0 Å². The standard InChI is InChI=1S/C16H22N2O2/c1-20-15-5-4-14-11-18(8-6-12(14)9-15)16(19)13-3-2-7-17-10-13/h4-5,9,13,17H,2-3,6-8,10-11H2,1H3. The molecule has 0 aliphatic carbocycles. The molecule has 2 aliphatic heterocycles. The number of piperidine rings is 1. The van der Waals surface area contributed by atoms with Crippen LogP contribution in [-0.2, 0) is 17.8 Å². The van der Waals surface area contributed by atoms with Gasteiger partial charge in [0.2, 0.25) is 5.91 Å². The van der Waals surface area contributed by atoms with Crippen molar-refractivity contribution in [3.05, 3.63) is 29.3 Å². The first kappa shape index (κ1) is 13.4. The molecule has 108 valence electrons. The molecule has 0 bridgehead atoms. The molecule has 0 saturated carbocycles. The van der Waals surface area contributed by atoms with Crippen LogP contribution in [0.3, 0.4) is 0 Å². The number of hydrogen-bond acceptors (Lipinski definition) is 3. The van der Waals surface area contributed by atoms with Crippen LogP contribution in [0.5, 0.6) is 5.75 Å². The fourth-order valence-electron chi connectivity index (χ4n) is 3.17. The van der Waals surface area contributed by atoms with Crippen molar-refractivity contribution in [2.45, 2.75) is 25.8 Å². The summed E-state index contributed by atoms with van der Waals surface area (Å²) in [6.07, 6.45) is 3.06. The summed E-state index contributed by atoms with van der Waals surface area (Å²) in [6.45, 7) is 3.46. The van der Waals surface area contributed by atoms with Gasteiger partial charge in [-0.2, -0.15) is 0 Å². The second kappa shape index (κ2) is 5.83. The van der Waals surface area contributed by atoms with Crippen molar-refractivity contribution in [3.8, 4) is 5.75 Å². The number of amides is 1. The van der Waals surface area contributed by atoms with E-state index in [-0.39, 0.29) is 5.92 Å². The van der Waals surface area contributed by atoms with E-state index in [1.165, 1.54) is 11.1 Å². The lowest BCUT2D eigenvalue weighted by molar-refractivity contribution is -0.137. The van der Waals surface area contributed by atoms with Gasteiger partial charge in [-0.25, -0.2) is 0 Å². The average Bonchev–Trinajstić information content (AvgIpc) is 2.54. The quantitative estimate of drug-likeness (QED) is 0.890. The van der Waals surface area contributed by atoms with Gasteiger partial charge in [-0.3, -0.25) is 4.79 Å². The van der Waals surface area contributed by atoms with Crippen molar-refractivity contribution >= 4 is 5.91 Å². The summed E-state index contributed by atoms with van der Waals surface area (Å²) >= 11 is 0. The maximum Gasteiger partial charge on any atom is 0.227 e. The molecular formula is C16H22N2O2. The Morgan fingerprint density at radius 2 is 2.30 bits per heavy atom. The molecule has 2 heterocycles. The summed E-state index contributed by atoms with van der Waals surface area (Å²) in [5.41, 5.74) is 2.57. The molecule has 0 aromatic heterocycles. The molecule has 1 aromatic rings. The van der Waals surface area contributed by atoms with E-state index in [2.05, 4.69) is 17.4 Å². The second-order valence-corrected chi connectivity index (χ2v) is 5.69. The summed E-state index contributed by atoms with van der Waals surface area (Å²) < 4.78 is 5.26. The van der Waals surface area contributed by atoms with Crippen LogP contribution < -0.4 is 10.1 Å². The smallest absolute Gasteiger partial charge is 0.227 e. The van der Waals surface area contributed by atoms with Crippen molar-refractivity contribution in [1.29, 1.82) is 0 Å². The molecule has 1 amide bonds. The SMILES string of the molecule is COc1ccc2c(c1)CCN(C(=O)C1CCCNC1)C2. The van der Waals surface area contributed by atoms with Gasteiger partial charge in [-0.1, -0.05) is 6.07 Å². The van der Waals surface area contributed by atoms with Gasteiger partial charge in [0.05, 0.1) is 13.0 Å². The monoisotopic (exact) mass is 274 g/mol. The highest BCUT2D eigenvalue weighted by Crippen LogP contribution is 2.25. The number of rotatable bonds is 2. The lowest BCUT2D eigenvalue weighted by Gasteiger charge is -2.33. The third-order valence-corrected chi connectivity index (χ3v) is 4.38. The lowest BCUT2D eigenvalue weighted by Crippen LogP contribution is -2.44. The van der Waals surface area contributed by atoms with E-state index in [9.17, 15) is 4.79 Å². The van der Waals surface area contributed by atoms with Crippen molar-refractivity contribution < 1.29 is 9.53 Å². The minimum absolute atomic E-state index is 0.170. The Balaban J connectivity index is 1.70. The summed E-state index contributed by atoms with van der Waals surface area (Å²) in [5.74, 6) is 1.39. The highest BCUT2D eigenvalue weighted by Gasteiger charge is 2.28. The van der Waals surface area contributed by atoms with Crippen LogP contribution in [0.25, 0.3) is 0 Å². The van der Waals surface area contributed by atoms with Crippen molar-refractivity contribution in [2.24, 2.45) is 5.92 Å². The maximum absolute atomic E-state index is 12.5. The van der Waals surface area contributed by atoms with Crippen LogP contribution in [-0.4, -0.2) is 37.6 Å². The molecule has 4 nitrogen and oxygen atoms in total. The van der Waals surface area contributed by atoms with E-state index in [0.717, 1.165) is 51.2 Å². The lowest BCUT2D eigenvalue weighted by atomic mass is 9.94. The van der Waals surface area contributed by atoms with Crippen molar-refractivity contribution in [2.75, 3.05) is 26.7 Å². The van der Waals surface area contributed by atoms with Crippen LogP contribution in [0, 0.1) is 5.92 Å². The molecular weight excluding hydrogens is 252 g/mol. The molecule has 1 N–H and O–H groups in total. The zero-order chi connectivity index (χ0) is 13.9. The van der Waals surface area contributed by atoms with Gasteiger partial charge in [0.25, 0.3) is 0 Å². The van der Waals surface area contributed by atoms with Gasteiger partial charge in [-0.15, -0.1) is 0 Å². The summed E-state index contributed by atoms with van der Waals surface area (Å²) in [6, 6.07) is 6.17. The molecule has 3 rings (SSSR count). The summed E-state index contributed by atoms with van der Waals surface area (Å²) in [4.78, 5) is 14.6. The highest BCUT2D eigenvalue weighted by molar-refractivity contribution is 5.79. The molecule has 1 atom stereocenters. The first-order valence-corrected chi connectivity index (χ1v) is 7.43. The topological polar surface area (TPSA) is 41.6 Å². The largest absolute Gasteiger partial charge is 0.497 e. The van der Waals surface area contributed by atoms with E-state index in [1.54, 1.807) is 7.11 Å². The third kappa shape index (κ3) is 2.66. The predicted molar refractivity (Wildman–Crippen MR) is 77.7 cm³/mol. The first-order valence-electron chi connectivity index (χ1n) is 7.43. The number of methoxy groups -OCH3 is 1. The van der Waals surface area contributed by atoms with Gasteiger partial charge >= 0.3 is 0 Å². The Morgan fingerprint density at radius 3 is 3.05 bits per heavy atom. The summed E-state index contributed by atoms with van der Waals surface area (Å²) in [7, 11) is 1.69. The van der Waals surface area contributed by atoms with Crippen LogP contribution in [0.1, 0.15) is 24.0 Å². The number of nitrogens with zero attached hydrogens (tertiary/aromatic N) is 1. The number of carbonyl (C=O) groups excluding carboxylic acids is 1. The van der Waals surface area contributed by atoms with Crippen molar-refractivity contribution in [1.82, 2.24) is 10.2 Å². The van der Waals surface area contributed by atoms with Crippen molar-refractivity contribution in [3.63, 3.8) is 0 Å². The zero-order valence-corrected chi connectivity index (χ0v) is 12.0. The van der Waals surface area contributed by atoms with Gasteiger partial charge in [0, 0.05) is 19.6 Å². The van der Waals surface area contributed by atoms with E-state index < -0.39 is 0 Å². The van der Waals surface area contributed by atoms with E-state index >= 15 is 0 Å². The number of carbonyl (C=O) groups is 1. The Labute approximate surface area is 120 Å². The minimum Gasteiger partial charge on any atom is -0.497 e. The highest BCUT2D eigenvalue weighted by atomic mass is 16.5. The molecule has 0 spiro atoms. The molecule has 20 heavy (non-hydrogen) atoms. The fraction of sp³-hybridized carbons (Fsp3) is 0.562.